The van der Waals surface area contributed by atoms with E-state index in [9.17, 15) is 4.79 Å². The Morgan fingerprint density at radius 2 is 1.79 bits per heavy atom. The summed E-state index contributed by atoms with van der Waals surface area (Å²) in [6.07, 6.45) is 1.70. The van der Waals surface area contributed by atoms with Gasteiger partial charge in [-0.05, 0) is 46.7 Å². The van der Waals surface area contributed by atoms with Gasteiger partial charge >= 0.3 is 0 Å². The lowest BCUT2D eigenvalue weighted by atomic mass is 10.0. The highest BCUT2D eigenvalue weighted by atomic mass is 35.5. The van der Waals surface area contributed by atoms with E-state index in [1.807, 2.05) is 48.5 Å². The Morgan fingerprint density at radius 3 is 2.66 bits per heavy atom. The monoisotopic (exact) mass is 422 g/mol. The van der Waals surface area contributed by atoms with Gasteiger partial charge in [0.25, 0.3) is 0 Å². The number of amides is 1. The Bertz CT molecular complexity index is 1210. The summed E-state index contributed by atoms with van der Waals surface area (Å²) in [5.74, 6) is 0.942. The molecular weight excluding hydrogens is 407 g/mol. The van der Waals surface area contributed by atoms with Crippen LogP contribution in [0.5, 0.6) is 0 Å². The summed E-state index contributed by atoms with van der Waals surface area (Å²) in [7, 11) is 0. The van der Waals surface area contributed by atoms with Crippen molar-refractivity contribution in [2.24, 2.45) is 5.10 Å². The quantitative estimate of drug-likeness (QED) is 0.312. The Kier molecular flexibility index (Phi) is 5.65. The Morgan fingerprint density at radius 1 is 0.966 bits per heavy atom. The highest BCUT2D eigenvalue weighted by Crippen LogP contribution is 2.29. The number of rotatable bonds is 5. The lowest BCUT2D eigenvalue weighted by molar-refractivity contribution is -0.120. The van der Waals surface area contributed by atoms with E-state index in [1.54, 1.807) is 24.3 Å². The van der Waals surface area contributed by atoms with Crippen LogP contribution in [0, 0.1) is 0 Å². The van der Waals surface area contributed by atoms with Crippen molar-refractivity contribution in [2.45, 2.75) is 6.42 Å². The van der Waals surface area contributed by atoms with E-state index in [0.29, 0.717) is 21.6 Å². The number of fused-ring (bicyclic) bond motifs is 1. The molecule has 0 saturated carbocycles. The lowest BCUT2D eigenvalue weighted by Gasteiger charge is -2.05. The molecule has 0 saturated heterocycles. The summed E-state index contributed by atoms with van der Waals surface area (Å²) in [6.45, 7) is 0. The van der Waals surface area contributed by atoms with E-state index in [4.69, 9.17) is 27.6 Å². The van der Waals surface area contributed by atoms with Crippen molar-refractivity contribution in [2.75, 3.05) is 0 Å². The molecule has 0 unspecified atom stereocenters. The molecule has 0 aliphatic carbocycles. The molecule has 4 rings (SSSR count). The number of halogens is 2. The normalized spacial score (nSPS) is 11.2. The number of furan rings is 1. The fourth-order valence-electron chi connectivity index (χ4n) is 3.05. The number of carbonyl (C=O) groups is 1. The first kappa shape index (κ1) is 19.2. The molecule has 4 nitrogen and oxygen atoms in total. The molecule has 0 atom stereocenters. The van der Waals surface area contributed by atoms with Gasteiger partial charge in [-0.2, -0.15) is 5.10 Å². The number of hydrogen-bond acceptors (Lipinski definition) is 3. The van der Waals surface area contributed by atoms with Gasteiger partial charge in [-0.15, -0.1) is 0 Å². The van der Waals surface area contributed by atoms with Crippen LogP contribution in [0.3, 0.4) is 0 Å². The van der Waals surface area contributed by atoms with E-state index in [1.165, 1.54) is 6.21 Å². The van der Waals surface area contributed by atoms with Crippen LogP contribution in [0.1, 0.15) is 11.3 Å². The number of carbonyl (C=O) groups excluding carboxylic acids is 1. The summed E-state index contributed by atoms with van der Waals surface area (Å²) < 4.78 is 5.72. The predicted molar refractivity (Wildman–Crippen MR) is 118 cm³/mol. The summed E-state index contributed by atoms with van der Waals surface area (Å²) in [4.78, 5) is 12.3. The van der Waals surface area contributed by atoms with Crippen LogP contribution in [0.2, 0.25) is 10.0 Å². The van der Waals surface area contributed by atoms with Crippen LogP contribution < -0.4 is 5.43 Å². The van der Waals surface area contributed by atoms with E-state index in [-0.39, 0.29) is 12.3 Å². The van der Waals surface area contributed by atoms with Crippen LogP contribution in [-0.2, 0) is 11.2 Å². The van der Waals surface area contributed by atoms with Gasteiger partial charge < -0.3 is 4.42 Å². The Balaban J connectivity index is 1.40. The number of hydrazone groups is 1. The maximum atomic E-state index is 12.3. The molecule has 1 N–H and O–H groups in total. The molecule has 3 aromatic carbocycles. The number of hydrogen-bond donors (Lipinski definition) is 1. The van der Waals surface area contributed by atoms with Crippen LogP contribution in [-0.4, -0.2) is 12.1 Å². The standard InChI is InChI=1S/C23H16Cl2N2O2/c24-20-10-8-17(12-21(20)25)22-11-9-18(29-22)14-26-27-23(28)13-16-6-3-5-15-4-1-2-7-19(15)16/h1-12,14H,13H2,(H,27,28)/b26-14-. The number of benzene rings is 3. The highest BCUT2D eigenvalue weighted by Gasteiger charge is 2.08. The van der Waals surface area contributed by atoms with Crippen LogP contribution in [0.15, 0.2) is 82.3 Å². The molecule has 6 heteroatoms. The molecule has 0 radical (unpaired) electrons. The highest BCUT2D eigenvalue weighted by molar-refractivity contribution is 6.42. The van der Waals surface area contributed by atoms with Crippen LogP contribution in [0.25, 0.3) is 22.1 Å². The average molecular weight is 423 g/mol. The van der Waals surface area contributed by atoms with Crippen molar-refractivity contribution in [3.63, 3.8) is 0 Å². The second kappa shape index (κ2) is 8.52. The predicted octanol–water partition coefficient (Wildman–Crippen LogP) is 6.10. The second-order valence-electron chi connectivity index (χ2n) is 6.44. The fraction of sp³-hybridized carbons (Fsp3) is 0.0435. The molecule has 0 spiro atoms. The maximum absolute atomic E-state index is 12.3. The van der Waals surface area contributed by atoms with E-state index in [2.05, 4.69) is 10.5 Å². The van der Waals surface area contributed by atoms with Gasteiger partial charge in [0, 0.05) is 5.56 Å². The molecule has 1 aromatic heterocycles. The first-order valence-corrected chi connectivity index (χ1v) is 9.69. The third-order valence-corrected chi connectivity index (χ3v) is 5.18. The van der Waals surface area contributed by atoms with Gasteiger partial charge in [0.2, 0.25) is 5.91 Å². The van der Waals surface area contributed by atoms with Crippen molar-refractivity contribution < 1.29 is 9.21 Å². The first-order chi connectivity index (χ1) is 14.1. The summed E-state index contributed by atoms with van der Waals surface area (Å²) in [6, 6.07) is 22.7. The van der Waals surface area contributed by atoms with E-state index < -0.39 is 0 Å². The maximum Gasteiger partial charge on any atom is 0.244 e. The van der Waals surface area contributed by atoms with Crippen molar-refractivity contribution in [3.8, 4) is 11.3 Å². The molecule has 1 amide bonds. The molecule has 144 valence electrons. The van der Waals surface area contributed by atoms with Gasteiger partial charge in [0.1, 0.15) is 11.5 Å². The third-order valence-electron chi connectivity index (χ3n) is 4.44. The summed E-state index contributed by atoms with van der Waals surface area (Å²) >= 11 is 12.0. The lowest BCUT2D eigenvalue weighted by Crippen LogP contribution is -2.19. The van der Waals surface area contributed by atoms with Gasteiger partial charge in [-0.1, -0.05) is 65.7 Å². The molecule has 0 bridgehead atoms. The topological polar surface area (TPSA) is 54.6 Å². The third kappa shape index (κ3) is 4.50. The average Bonchev–Trinajstić information content (AvgIpc) is 3.19. The molecule has 29 heavy (non-hydrogen) atoms. The molecular formula is C23H16Cl2N2O2. The van der Waals surface area contributed by atoms with Crippen LogP contribution >= 0.6 is 23.2 Å². The summed E-state index contributed by atoms with van der Waals surface area (Å²) in [5, 5.41) is 7.09. The second-order valence-corrected chi connectivity index (χ2v) is 7.25. The van der Waals surface area contributed by atoms with Crippen molar-refractivity contribution in [1.82, 2.24) is 5.43 Å². The molecule has 4 aromatic rings. The fourth-order valence-corrected chi connectivity index (χ4v) is 3.35. The first-order valence-electron chi connectivity index (χ1n) is 8.94. The van der Waals surface area contributed by atoms with Crippen LogP contribution in [0.4, 0.5) is 0 Å². The molecule has 0 aliphatic heterocycles. The summed E-state index contributed by atoms with van der Waals surface area (Å²) in [5.41, 5.74) is 4.30. The van der Waals surface area contributed by atoms with Gasteiger partial charge in [0.05, 0.1) is 22.7 Å². The van der Waals surface area contributed by atoms with Gasteiger partial charge in [-0.25, -0.2) is 5.43 Å². The van der Waals surface area contributed by atoms with E-state index >= 15 is 0 Å². The smallest absolute Gasteiger partial charge is 0.244 e. The van der Waals surface area contributed by atoms with Crippen molar-refractivity contribution in [3.05, 3.63) is 94.2 Å². The van der Waals surface area contributed by atoms with Gasteiger partial charge in [-0.3, -0.25) is 4.79 Å². The largest absolute Gasteiger partial charge is 0.455 e. The SMILES string of the molecule is O=C(Cc1cccc2ccccc12)N/N=C\c1ccc(-c2ccc(Cl)c(Cl)c2)o1. The Hall–Kier alpha value is -3.08. The minimum absolute atomic E-state index is 0.200. The number of nitrogens with zero attached hydrogens (tertiary/aromatic N) is 1. The minimum atomic E-state index is -0.200. The zero-order valence-electron chi connectivity index (χ0n) is 15.2. The van der Waals surface area contributed by atoms with E-state index in [0.717, 1.165) is 21.9 Å². The minimum Gasteiger partial charge on any atom is -0.455 e. The van der Waals surface area contributed by atoms with Crippen molar-refractivity contribution >= 4 is 46.1 Å². The molecule has 0 aliphatic rings. The molecule has 0 fully saturated rings. The molecule has 1 heterocycles. The van der Waals surface area contributed by atoms with Crippen molar-refractivity contribution in [1.29, 1.82) is 0 Å². The Labute approximate surface area is 177 Å². The number of nitrogens with one attached hydrogen (secondary N) is 1. The zero-order chi connectivity index (χ0) is 20.2. The zero-order valence-corrected chi connectivity index (χ0v) is 16.7. The van der Waals surface area contributed by atoms with Gasteiger partial charge in [0.15, 0.2) is 0 Å².